The van der Waals surface area contributed by atoms with Crippen LogP contribution in [0.25, 0.3) is 10.9 Å². The summed E-state index contributed by atoms with van der Waals surface area (Å²) in [7, 11) is 1.75. The van der Waals surface area contributed by atoms with E-state index in [1.807, 2.05) is 25.1 Å². The van der Waals surface area contributed by atoms with E-state index in [1.165, 1.54) is 12.1 Å². The first-order valence-electron chi connectivity index (χ1n) is 12.6. The maximum atomic E-state index is 13.0. The SMILES string of the molecule is CCc1nc2ccc(C(O)(c3cnnn3C)C3CCOCC3)cc2c(Cl)c1Cc1ccc(C(F)(F)F)cc1. The average molecular weight is 545 g/mol. The molecule has 0 aliphatic carbocycles. The van der Waals surface area contributed by atoms with Gasteiger partial charge in [-0.25, -0.2) is 4.68 Å². The average Bonchev–Trinajstić information content (AvgIpc) is 3.36. The molecule has 1 N–H and O–H groups in total. The zero-order valence-electron chi connectivity index (χ0n) is 21.1. The van der Waals surface area contributed by atoms with Gasteiger partial charge in [0.25, 0.3) is 0 Å². The standard InChI is InChI=1S/C28H28ClF3N4O2/c1-3-23-21(14-17-4-6-19(7-5-17)28(30,31)32)26(29)22-15-20(8-9-24(22)34-23)27(37,18-10-12-38-13-11-18)25-16-33-35-36(25)2/h4-9,15-16,18,37H,3,10-14H2,1-2H3. The molecular formula is C28H28ClF3N4O2. The van der Waals surface area contributed by atoms with E-state index in [9.17, 15) is 18.3 Å². The van der Waals surface area contributed by atoms with Gasteiger partial charge in [-0.2, -0.15) is 13.2 Å². The topological polar surface area (TPSA) is 73.1 Å². The number of aryl methyl sites for hydroxylation is 2. The van der Waals surface area contributed by atoms with Crippen LogP contribution in [0.2, 0.25) is 5.02 Å². The largest absolute Gasteiger partial charge is 0.416 e. The molecule has 1 fully saturated rings. The smallest absolute Gasteiger partial charge is 0.381 e. The van der Waals surface area contributed by atoms with Crippen LogP contribution in [-0.4, -0.2) is 38.3 Å². The van der Waals surface area contributed by atoms with Gasteiger partial charge in [0.05, 0.1) is 28.0 Å². The molecule has 1 aliphatic heterocycles. The third-order valence-electron chi connectivity index (χ3n) is 7.46. The Morgan fingerprint density at radius 2 is 1.76 bits per heavy atom. The van der Waals surface area contributed by atoms with Crippen molar-refractivity contribution in [2.24, 2.45) is 13.0 Å². The number of benzene rings is 2. The molecular weight excluding hydrogens is 517 g/mol. The minimum absolute atomic E-state index is 0.126. The van der Waals surface area contributed by atoms with Crippen molar-refractivity contribution < 1.29 is 23.0 Å². The molecule has 4 aromatic rings. The van der Waals surface area contributed by atoms with E-state index in [-0.39, 0.29) is 5.92 Å². The molecule has 2 aromatic carbocycles. The van der Waals surface area contributed by atoms with Crippen molar-refractivity contribution in [2.45, 2.75) is 44.4 Å². The van der Waals surface area contributed by atoms with Gasteiger partial charge >= 0.3 is 6.18 Å². The van der Waals surface area contributed by atoms with Crippen LogP contribution in [0.5, 0.6) is 0 Å². The van der Waals surface area contributed by atoms with Crippen molar-refractivity contribution in [1.29, 1.82) is 0 Å². The number of aromatic nitrogens is 4. The Kier molecular flexibility index (Phi) is 7.19. The summed E-state index contributed by atoms with van der Waals surface area (Å²) in [5.41, 5.74) is 2.08. The summed E-state index contributed by atoms with van der Waals surface area (Å²) >= 11 is 6.99. The van der Waals surface area contributed by atoms with E-state index in [0.717, 1.165) is 23.4 Å². The van der Waals surface area contributed by atoms with Gasteiger partial charge in [0.2, 0.25) is 0 Å². The normalized spacial score (nSPS) is 16.6. The van der Waals surface area contributed by atoms with E-state index < -0.39 is 17.3 Å². The van der Waals surface area contributed by atoms with Gasteiger partial charge in [-0.1, -0.05) is 41.9 Å². The van der Waals surface area contributed by atoms with E-state index >= 15 is 0 Å². The van der Waals surface area contributed by atoms with Gasteiger partial charge in [0.1, 0.15) is 5.60 Å². The molecule has 200 valence electrons. The van der Waals surface area contributed by atoms with Crippen LogP contribution in [0.3, 0.4) is 0 Å². The quantitative estimate of drug-likeness (QED) is 0.329. The first kappa shape index (κ1) is 26.6. The van der Waals surface area contributed by atoms with Crippen molar-refractivity contribution in [3.8, 4) is 0 Å². The molecule has 2 aromatic heterocycles. The van der Waals surface area contributed by atoms with Crippen LogP contribution in [0, 0.1) is 5.92 Å². The fourth-order valence-electron chi connectivity index (χ4n) is 5.38. The van der Waals surface area contributed by atoms with Gasteiger partial charge in [-0.3, -0.25) is 4.98 Å². The number of rotatable bonds is 6. The number of nitrogens with zero attached hydrogens (tertiary/aromatic N) is 4. The molecule has 0 saturated carbocycles. The van der Waals surface area contributed by atoms with E-state index in [4.69, 9.17) is 21.3 Å². The van der Waals surface area contributed by atoms with Crippen LogP contribution in [-0.2, 0) is 36.4 Å². The molecule has 6 nitrogen and oxygen atoms in total. The van der Waals surface area contributed by atoms with E-state index in [1.54, 1.807) is 17.9 Å². The van der Waals surface area contributed by atoms with Crippen molar-refractivity contribution in [1.82, 2.24) is 20.0 Å². The van der Waals surface area contributed by atoms with Crippen LogP contribution in [0.4, 0.5) is 13.2 Å². The first-order valence-corrected chi connectivity index (χ1v) is 12.9. The number of ether oxygens (including phenoxy) is 1. The highest BCUT2D eigenvalue weighted by atomic mass is 35.5. The van der Waals surface area contributed by atoms with Crippen LogP contribution in [0.1, 0.15) is 53.4 Å². The fourth-order valence-corrected chi connectivity index (χ4v) is 5.71. The fraction of sp³-hybridized carbons (Fsp3) is 0.393. The number of hydrogen-bond donors (Lipinski definition) is 1. The minimum Gasteiger partial charge on any atom is -0.381 e. The van der Waals surface area contributed by atoms with Crippen molar-refractivity contribution in [3.05, 3.63) is 87.3 Å². The van der Waals surface area contributed by atoms with Crippen molar-refractivity contribution in [2.75, 3.05) is 13.2 Å². The molecule has 0 radical (unpaired) electrons. The molecule has 3 heterocycles. The number of fused-ring (bicyclic) bond motifs is 1. The maximum absolute atomic E-state index is 13.0. The third-order valence-corrected chi connectivity index (χ3v) is 7.89. The number of halogens is 4. The van der Waals surface area contributed by atoms with Crippen molar-refractivity contribution in [3.63, 3.8) is 0 Å². The summed E-state index contributed by atoms with van der Waals surface area (Å²) in [6.45, 7) is 3.06. The van der Waals surface area contributed by atoms with E-state index in [0.29, 0.717) is 71.6 Å². The zero-order chi connectivity index (χ0) is 27.1. The Morgan fingerprint density at radius 1 is 1.08 bits per heavy atom. The summed E-state index contributed by atoms with van der Waals surface area (Å²) in [5, 5.41) is 21.5. The highest BCUT2D eigenvalue weighted by Gasteiger charge is 2.43. The summed E-state index contributed by atoms with van der Waals surface area (Å²) < 4.78 is 46.2. The summed E-state index contributed by atoms with van der Waals surface area (Å²) in [5.74, 6) is -0.126. The second kappa shape index (κ2) is 10.3. The molecule has 10 heteroatoms. The van der Waals surface area contributed by atoms with Gasteiger partial charge in [-0.15, -0.1) is 5.10 Å². The van der Waals surface area contributed by atoms with Gasteiger partial charge < -0.3 is 9.84 Å². The van der Waals surface area contributed by atoms with Crippen LogP contribution >= 0.6 is 11.6 Å². The Labute approximate surface area is 223 Å². The molecule has 1 atom stereocenters. The summed E-state index contributed by atoms with van der Waals surface area (Å²) in [4.78, 5) is 4.83. The molecule has 1 unspecified atom stereocenters. The zero-order valence-corrected chi connectivity index (χ0v) is 21.9. The molecule has 0 amide bonds. The maximum Gasteiger partial charge on any atom is 0.416 e. The monoisotopic (exact) mass is 544 g/mol. The molecule has 0 spiro atoms. The predicted molar refractivity (Wildman–Crippen MR) is 138 cm³/mol. The lowest BCUT2D eigenvalue weighted by Gasteiger charge is -2.38. The summed E-state index contributed by atoms with van der Waals surface area (Å²) in [6, 6.07) is 10.7. The minimum atomic E-state index is -4.39. The lowest BCUT2D eigenvalue weighted by Crippen LogP contribution is -2.41. The van der Waals surface area contributed by atoms with Crippen LogP contribution in [0.15, 0.2) is 48.7 Å². The van der Waals surface area contributed by atoms with Crippen molar-refractivity contribution >= 4 is 22.5 Å². The highest BCUT2D eigenvalue weighted by molar-refractivity contribution is 6.36. The predicted octanol–water partition coefficient (Wildman–Crippen LogP) is 5.85. The Hall–Kier alpha value is -3.01. The van der Waals surface area contributed by atoms with Gasteiger partial charge in [0, 0.05) is 43.7 Å². The Morgan fingerprint density at radius 3 is 2.37 bits per heavy atom. The third kappa shape index (κ3) is 4.79. The molecule has 5 rings (SSSR count). The van der Waals surface area contributed by atoms with E-state index in [2.05, 4.69) is 10.3 Å². The molecule has 1 aliphatic rings. The first-order chi connectivity index (χ1) is 18.1. The number of aliphatic hydroxyl groups is 1. The van der Waals surface area contributed by atoms with Gasteiger partial charge in [-0.05, 0) is 60.2 Å². The van der Waals surface area contributed by atoms with Crippen LogP contribution < -0.4 is 0 Å². The van der Waals surface area contributed by atoms with Gasteiger partial charge in [0.15, 0.2) is 0 Å². The molecule has 1 saturated heterocycles. The number of pyridine rings is 1. The Bertz CT molecular complexity index is 1450. The molecule has 0 bridgehead atoms. The Balaban J connectivity index is 1.61. The lowest BCUT2D eigenvalue weighted by molar-refractivity contribution is -0.137. The number of hydrogen-bond acceptors (Lipinski definition) is 5. The lowest BCUT2D eigenvalue weighted by atomic mass is 9.74. The summed E-state index contributed by atoms with van der Waals surface area (Å²) in [6.07, 6.45) is -0.533. The second-order valence-electron chi connectivity index (χ2n) is 9.70. The number of alkyl halides is 3. The second-order valence-corrected chi connectivity index (χ2v) is 10.1. The highest BCUT2D eigenvalue weighted by Crippen LogP contribution is 2.43. The molecule has 38 heavy (non-hydrogen) atoms.